The highest BCUT2D eigenvalue weighted by Gasteiger charge is 2.39. The predicted molar refractivity (Wildman–Crippen MR) is 127 cm³/mol. The molecule has 1 saturated heterocycles. The quantitative estimate of drug-likeness (QED) is 0.668. The van der Waals surface area contributed by atoms with E-state index in [9.17, 15) is 19.7 Å². The molecule has 2 aliphatic heterocycles. The number of nitrogens with zero attached hydrogens (tertiary/aromatic N) is 4. The van der Waals surface area contributed by atoms with E-state index in [0.717, 1.165) is 48.3 Å². The average Bonchev–Trinajstić information content (AvgIpc) is 2.90. The van der Waals surface area contributed by atoms with Gasteiger partial charge in [-0.3, -0.25) is 4.79 Å². The standard InChI is InChI=1S/C25H30N4O3S/c1-17-7-8-18(12-25(2,3)24(30)31)10-20(17)15-28-16-21-6-4-5-9-29(21)23-22(33(28)32)11-19(13-26)14-27-23/h7-8,10-11,14,21H,4-6,9,12,15-16H2,1-3H3,(H,30,31). The van der Waals surface area contributed by atoms with Crippen molar-refractivity contribution in [1.29, 1.82) is 5.26 Å². The number of benzene rings is 1. The summed E-state index contributed by atoms with van der Waals surface area (Å²) in [7, 11) is 0. The van der Waals surface area contributed by atoms with Crippen LogP contribution in [0.15, 0.2) is 35.4 Å². The Labute approximate surface area is 198 Å². The number of carboxylic acid groups (broad SMARTS) is 1. The maximum atomic E-state index is 13.8. The number of hydrogen-bond donors (Lipinski definition) is 1. The number of hydrogen-bond acceptors (Lipinski definition) is 6. The number of aryl methyl sites for hydroxylation is 1. The summed E-state index contributed by atoms with van der Waals surface area (Å²) >= 11 is -1.46. The van der Waals surface area contributed by atoms with Gasteiger partial charge in [-0.05, 0) is 63.1 Å². The van der Waals surface area contributed by atoms with Crippen LogP contribution in [0.25, 0.3) is 0 Å². The molecule has 33 heavy (non-hydrogen) atoms. The largest absolute Gasteiger partial charge is 0.593 e. The minimum atomic E-state index is -1.46. The molecule has 4 rings (SSSR count). The van der Waals surface area contributed by atoms with E-state index in [1.54, 1.807) is 26.1 Å². The summed E-state index contributed by atoms with van der Waals surface area (Å²) < 4.78 is 15.7. The molecule has 174 valence electrons. The topological polar surface area (TPSA) is 104 Å². The van der Waals surface area contributed by atoms with Crippen LogP contribution in [-0.4, -0.2) is 44.0 Å². The fraction of sp³-hybridized carbons (Fsp3) is 0.480. The summed E-state index contributed by atoms with van der Waals surface area (Å²) in [4.78, 5) is 19.0. The van der Waals surface area contributed by atoms with Crippen LogP contribution < -0.4 is 4.90 Å². The lowest BCUT2D eigenvalue weighted by atomic mass is 9.85. The normalized spacial score (nSPS) is 21.0. The van der Waals surface area contributed by atoms with Crippen LogP contribution in [-0.2, 0) is 29.1 Å². The van der Waals surface area contributed by atoms with Crippen molar-refractivity contribution in [2.45, 2.75) is 63.9 Å². The highest BCUT2D eigenvalue weighted by molar-refractivity contribution is 7.89. The van der Waals surface area contributed by atoms with Gasteiger partial charge in [-0.25, -0.2) is 4.98 Å². The molecule has 0 saturated carbocycles. The van der Waals surface area contributed by atoms with E-state index in [-0.39, 0.29) is 6.04 Å². The second-order valence-corrected chi connectivity index (χ2v) is 11.2. The van der Waals surface area contributed by atoms with E-state index in [1.165, 1.54) is 0 Å². The molecule has 8 heteroatoms. The fourth-order valence-corrected chi connectivity index (χ4v) is 6.05. The number of nitriles is 1. The smallest absolute Gasteiger partial charge is 0.309 e. The van der Waals surface area contributed by atoms with Gasteiger partial charge in [0.15, 0.2) is 5.82 Å². The number of rotatable bonds is 5. The summed E-state index contributed by atoms with van der Waals surface area (Å²) in [5, 5.41) is 18.9. The van der Waals surface area contributed by atoms with Crippen molar-refractivity contribution in [3.8, 4) is 6.07 Å². The first-order valence-electron chi connectivity index (χ1n) is 11.3. The number of aromatic nitrogens is 1. The Bertz CT molecular complexity index is 1100. The van der Waals surface area contributed by atoms with E-state index in [0.29, 0.717) is 30.0 Å². The van der Waals surface area contributed by atoms with Crippen LogP contribution in [0.1, 0.15) is 55.4 Å². The molecule has 1 fully saturated rings. The second kappa shape index (κ2) is 9.34. The minimum absolute atomic E-state index is 0.221. The summed E-state index contributed by atoms with van der Waals surface area (Å²) in [5.41, 5.74) is 2.62. The molecule has 7 nitrogen and oxygen atoms in total. The van der Waals surface area contributed by atoms with Gasteiger partial charge in [0.2, 0.25) is 4.90 Å². The molecule has 0 spiro atoms. The van der Waals surface area contributed by atoms with Gasteiger partial charge in [0.25, 0.3) is 0 Å². The first kappa shape index (κ1) is 23.6. The SMILES string of the molecule is Cc1ccc(CC(C)(C)C(=O)O)cc1CN1CC2CCCCN2c2ncc(C#N)cc2[S+]1[O-]. The van der Waals surface area contributed by atoms with Crippen molar-refractivity contribution in [2.24, 2.45) is 5.41 Å². The monoisotopic (exact) mass is 466 g/mol. The number of anilines is 1. The lowest BCUT2D eigenvalue weighted by molar-refractivity contribution is -0.146. The molecule has 3 heterocycles. The first-order valence-corrected chi connectivity index (χ1v) is 12.5. The van der Waals surface area contributed by atoms with E-state index < -0.39 is 22.7 Å². The Hall–Kier alpha value is -2.60. The van der Waals surface area contributed by atoms with Crippen molar-refractivity contribution in [3.63, 3.8) is 0 Å². The first-order chi connectivity index (χ1) is 15.7. The minimum Gasteiger partial charge on any atom is -0.593 e. The maximum absolute atomic E-state index is 13.8. The molecule has 0 aliphatic carbocycles. The Balaban J connectivity index is 1.67. The van der Waals surface area contributed by atoms with Gasteiger partial charge >= 0.3 is 5.97 Å². The molecule has 2 unspecified atom stereocenters. The van der Waals surface area contributed by atoms with Crippen molar-refractivity contribution in [3.05, 3.63) is 52.7 Å². The molecular formula is C25H30N4O3S. The number of aliphatic carboxylic acids is 1. The van der Waals surface area contributed by atoms with Gasteiger partial charge in [0.1, 0.15) is 6.07 Å². The van der Waals surface area contributed by atoms with Crippen LogP contribution in [0.2, 0.25) is 0 Å². The van der Waals surface area contributed by atoms with Crippen LogP contribution >= 0.6 is 0 Å². The summed E-state index contributed by atoms with van der Waals surface area (Å²) in [5.74, 6) is -0.0961. The zero-order valence-corrected chi connectivity index (χ0v) is 20.2. The molecule has 0 amide bonds. The number of pyridine rings is 1. The zero-order chi connectivity index (χ0) is 23.8. The Morgan fingerprint density at radius 1 is 1.36 bits per heavy atom. The highest BCUT2D eigenvalue weighted by Crippen LogP contribution is 2.36. The van der Waals surface area contributed by atoms with E-state index >= 15 is 0 Å². The molecule has 2 aromatic rings. The Morgan fingerprint density at radius 2 is 2.15 bits per heavy atom. The summed E-state index contributed by atoms with van der Waals surface area (Å²) in [6.07, 6.45) is 5.21. The molecule has 2 aliphatic rings. The molecule has 1 aromatic carbocycles. The van der Waals surface area contributed by atoms with E-state index in [2.05, 4.69) is 16.0 Å². The zero-order valence-electron chi connectivity index (χ0n) is 19.4. The van der Waals surface area contributed by atoms with Crippen LogP contribution in [0, 0.1) is 23.7 Å². The predicted octanol–water partition coefficient (Wildman–Crippen LogP) is 3.81. The molecule has 0 radical (unpaired) electrons. The summed E-state index contributed by atoms with van der Waals surface area (Å²) in [6.45, 7) is 7.49. The van der Waals surface area contributed by atoms with E-state index in [4.69, 9.17) is 0 Å². The van der Waals surface area contributed by atoms with Crippen molar-refractivity contribution >= 4 is 23.1 Å². The lowest BCUT2D eigenvalue weighted by Crippen LogP contribution is -2.45. The molecular weight excluding hydrogens is 436 g/mol. The van der Waals surface area contributed by atoms with Crippen LogP contribution in [0.4, 0.5) is 5.82 Å². The van der Waals surface area contributed by atoms with E-state index in [1.807, 2.05) is 29.4 Å². The van der Waals surface area contributed by atoms with Crippen molar-refractivity contribution in [1.82, 2.24) is 9.29 Å². The third-order valence-electron chi connectivity index (χ3n) is 6.68. The van der Waals surface area contributed by atoms with Crippen molar-refractivity contribution < 1.29 is 14.5 Å². The third kappa shape index (κ3) is 4.86. The molecule has 1 aromatic heterocycles. The van der Waals surface area contributed by atoms with Crippen LogP contribution in [0.5, 0.6) is 0 Å². The third-order valence-corrected chi connectivity index (χ3v) is 8.11. The lowest BCUT2D eigenvalue weighted by Gasteiger charge is -2.35. The number of piperidine rings is 1. The van der Waals surface area contributed by atoms with Gasteiger partial charge in [-0.15, -0.1) is 4.31 Å². The Morgan fingerprint density at radius 3 is 2.88 bits per heavy atom. The average molecular weight is 467 g/mol. The Kier molecular flexibility index (Phi) is 6.66. The molecule has 2 atom stereocenters. The highest BCUT2D eigenvalue weighted by atomic mass is 32.2. The maximum Gasteiger partial charge on any atom is 0.309 e. The number of carbonyl (C=O) groups is 1. The molecule has 1 N–H and O–H groups in total. The second-order valence-electron chi connectivity index (χ2n) is 9.70. The fourth-order valence-electron chi connectivity index (χ4n) is 4.66. The van der Waals surface area contributed by atoms with Gasteiger partial charge in [0.05, 0.1) is 35.4 Å². The number of fused-ring (bicyclic) bond motifs is 3. The van der Waals surface area contributed by atoms with Gasteiger partial charge in [-0.2, -0.15) is 5.26 Å². The van der Waals surface area contributed by atoms with Crippen LogP contribution in [0.3, 0.4) is 0 Å². The molecule has 0 bridgehead atoms. The van der Waals surface area contributed by atoms with Gasteiger partial charge in [-0.1, -0.05) is 18.2 Å². The summed E-state index contributed by atoms with van der Waals surface area (Å²) in [6, 6.07) is 10.1. The van der Waals surface area contributed by atoms with Gasteiger partial charge < -0.3 is 14.6 Å². The van der Waals surface area contributed by atoms with Gasteiger partial charge in [0, 0.05) is 24.8 Å². The van der Waals surface area contributed by atoms with Crippen molar-refractivity contribution in [2.75, 3.05) is 18.0 Å². The number of carboxylic acids is 1.